The topological polar surface area (TPSA) is 64.3 Å². The summed E-state index contributed by atoms with van der Waals surface area (Å²) >= 11 is 0. The molecule has 1 atom stereocenters. The van der Waals surface area contributed by atoms with Gasteiger partial charge in [-0.25, -0.2) is 0 Å². The summed E-state index contributed by atoms with van der Waals surface area (Å²) in [6, 6.07) is 8.16. The maximum Gasteiger partial charge on any atom is 0.223 e. The van der Waals surface area contributed by atoms with Crippen LogP contribution in [0.15, 0.2) is 24.3 Å². The predicted octanol–water partition coefficient (Wildman–Crippen LogP) is 2.14. The van der Waals surface area contributed by atoms with Crippen molar-refractivity contribution in [1.82, 2.24) is 5.32 Å². The molecule has 1 amide bonds. The van der Waals surface area contributed by atoms with E-state index in [1.165, 1.54) is 0 Å². The number of nitrogens with two attached hydrogens (primary N) is 1. The van der Waals surface area contributed by atoms with E-state index in [4.69, 9.17) is 10.5 Å². The van der Waals surface area contributed by atoms with Gasteiger partial charge in [-0.2, -0.15) is 0 Å². The van der Waals surface area contributed by atoms with Gasteiger partial charge in [-0.3, -0.25) is 4.79 Å². The molecule has 1 saturated carbocycles. The summed E-state index contributed by atoms with van der Waals surface area (Å²) < 4.78 is 5.69. The van der Waals surface area contributed by atoms with E-state index in [0.29, 0.717) is 19.1 Å². The fourth-order valence-corrected chi connectivity index (χ4v) is 1.92. The Hall–Kier alpha value is -1.55. The van der Waals surface area contributed by atoms with Gasteiger partial charge in [0.2, 0.25) is 5.91 Å². The molecule has 4 nitrogen and oxygen atoms in total. The zero-order chi connectivity index (χ0) is 13.7. The summed E-state index contributed by atoms with van der Waals surface area (Å²) in [5, 5.41) is 2.95. The van der Waals surface area contributed by atoms with E-state index >= 15 is 0 Å². The fraction of sp³-hybridized carbons (Fsp3) is 0.533. The zero-order valence-corrected chi connectivity index (χ0v) is 11.4. The van der Waals surface area contributed by atoms with Crippen molar-refractivity contribution in [1.29, 1.82) is 0 Å². The quantitative estimate of drug-likeness (QED) is 0.791. The molecule has 1 aliphatic rings. The predicted molar refractivity (Wildman–Crippen MR) is 74.9 cm³/mol. The molecule has 1 aliphatic carbocycles. The number of para-hydroxylation sites is 1. The van der Waals surface area contributed by atoms with Crippen LogP contribution >= 0.6 is 0 Å². The van der Waals surface area contributed by atoms with Gasteiger partial charge in [0.25, 0.3) is 0 Å². The molecule has 0 bridgehead atoms. The minimum Gasteiger partial charge on any atom is -0.493 e. The molecule has 19 heavy (non-hydrogen) atoms. The molecular weight excluding hydrogens is 240 g/mol. The van der Waals surface area contributed by atoms with Crippen LogP contribution in [0, 0.1) is 0 Å². The number of carbonyl (C=O) groups excluding carboxylic acids is 1. The smallest absolute Gasteiger partial charge is 0.223 e. The van der Waals surface area contributed by atoms with Gasteiger partial charge in [0, 0.05) is 17.6 Å². The third-order valence-electron chi connectivity index (χ3n) is 3.29. The van der Waals surface area contributed by atoms with Gasteiger partial charge in [-0.05, 0) is 25.3 Å². The first-order chi connectivity index (χ1) is 9.20. The number of amides is 1. The van der Waals surface area contributed by atoms with Crippen LogP contribution in [0.25, 0.3) is 0 Å². The molecule has 0 aliphatic heterocycles. The molecule has 2 rings (SSSR count). The van der Waals surface area contributed by atoms with E-state index in [2.05, 4.69) is 5.32 Å². The summed E-state index contributed by atoms with van der Waals surface area (Å²) in [5.74, 6) is 0.857. The molecule has 4 heteroatoms. The number of rotatable bonds is 7. The number of hydrogen-bond acceptors (Lipinski definition) is 3. The normalized spacial score (nSPS) is 15.9. The fourth-order valence-electron chi connectivity index (χ4n) is 1.92. The lowest BCUT2D eigenvalue weighted by atomic mass is 10.0. The molecule has 0 radical (unpaired) electrons. The number of benzene rings is 1. The van der Waals surface area contributed by atoms with Crippen molar-refractivity contribution >= 4 is 5.91 Å². The van der Waals surface area contributed by atoms with Gasteiger partial charge in [0.1, 0.15) is 5.75 Å². The lowest BCUT2D eigenvalue weighted by molar-refractivity contribution is -0.121. The lowest BCUT2D eigenvalue weighted by Gasteiger charge is -2.15. The summed E-state index contributed by atoms with van der Waals surface area (Å²) in [5.41, 5.74) is 7.05. The zero-order valence-electron chi connectivity index (χ0n) is 11.4. The first-order valence-electron chi connectivity index (χ1n) is 6.97. The minimum atomic E-state index is -0.0171. The standard InChI is InChI=1S/C15H22N2O2/c1-2-13(16)12-5-3-4-6-14(12)19-10-9-15(18)17-11-7-8-11/h3-6,11,13H,2,7-10,16H2,1H3,(H,17,18). The Morgan fingerprint density at radius 1 is 1.47 bits per heavy atom. The van der Waals surface area contributed by atoms with Crippen molar-refractivity contribution in [3.63, 3.8) is 0 Å². The van der Waals surface area contributed by atoms with Crippen LogP contribution in [0.3, 0.4) is 0 Å². The number of carbonyl (C=O) groups is 1. The molecule has 1 unspecified atom stereocenters. The molecule has 0 saturated heterocycles. The highest BCUT2D eigenvalue weighted by Crippen LogP contribution is 2.25. The Bertz CT molecular complexity index is 430. The van der Waals surface area contributed by atoms with Crippen LogP contribution in [0.5, 0.6) is 5.75 Å². The Labute approximate surface area is 114 Å². The van der Waals surface area contributed by atoms with E-state index < -0.39 is 0 Å². The average molecular weight is 262 g/mol. The molecule has 104 valence electrons. The first kappa shape index (κ1) is 13.9. The Morgan fingerprint density at radius 2 is 2.21 bits per heavy atom. The Balaban J connectivity index is 1.82. The van der Waals surface area contributed by atoms with E-state index in [1.54, 1.807) is 0 Å². The molecule has 1 aromatic carbocycles. The summed E-state index contributed by atoms with van der Waals surface area (Å²) in [7, 11) is 0. The molecule has 0 aromatic heterocycles. The van der Waals surface area contributed by atoms with Crippen LogP contribution in [0.1, 0.15) is 44.2 Å². The van der Waals surface area contributed by atoms with E-state index in [-0.39, 0.29) is 11.9 Å². The second-order valence-electron chi connectivity index (χ2n) is 4.99. The summed E-state index contributed by atoms with van der Waals surface area (Å²) in [6.45, 7) is 2.44. The summed E-state index contributed by atoms with van der Waals surface area (Å²) in [6.07, 6.45) is 3.48. The number of nitrogens with one attached hydrogen (secondary N) is 1. The van der Waals surface area contributed by atoms with E-state index in [0.717, 1.165) is 30.6 Å². The Kier molecular flexibility index (Phi) is 4.80. The molecule has 1 aromatic rings. The van der Waals surface area contributed by atoms with Gasteiger partial charge in [0.15, 0.2) is 0 Å². The Morgan fingerprint density at radius 3 is 2.89 bits per heavy atom. The van der Waals surface area contributed by atoms with Gasteiger partial charge in [0.05, 0.1) is 13.0 Å². The van der Waals surface area contributed by atoms with E-state index in [9.17, 15) is 4.79 Å². The van der Waals surface area contributed by atoms with Crippen LogP contribution in [0.4, 0.5) is 0 Å². The van der Waals surface area contributed by atoms with Crippen LogP contribution < -0.4 is 15.8 Å². The highest BCUT2D eigenvalue weighted by Gasteiger charge is 2.22. The van der Waals surface area contributed by atoms with Crippen LogP contribution in [-0.2, 0) is 4.79 Å². The third-order valence-corrected chi connectivity index (χ3v) is 3.29. The second kappa shape index (κ2) is 6.57. The molecule has 0 spiro atoms. The monoisotopic (exact) mass is 262 g/mol. The van der Waals surface area contributed by atoms with E-state index in [1.807, 2.05) is 31.2 Å². The number of hydrogen-bond donors (Lipinski definition) is 2. The summed E-state index contributed by atoms with van der Waals surface area (Å²) in [4.78, 5) is 11.5. The van der Waals surface area contributed by atoms with Crippen LogP contribution in [-0.4, -0.2) is 18.6 Å². The second-order valence-corrected chi connectivity index (χ2v) is 4.99. The van der Waals surface area contributed by atoms with Crippen molar-refractivity contribution in [3.8, 4) is 5.75 Å². The lowest BCUT2D eigenvalue weighted by Crippen LogP contribution is -2.26. The van der Waals surface area contributed by atoms with Crippen molar-refractivity contribution < 1.29 is 9.53 Å². The largest absolute Gasteiger partial charge is 0.493 e. The van der Waals surface area contributed by atoms with Crippen molar-refractivity contribution in [2.75, 3.05) is 6.61 Å². The van der Waals surface area contributed by atoms with Crippen molar-refractivity contribution in [2.24, 2.45) is 5.73 Å². The maximum absolute atomic E-state index is 11.5. The number of ether oxygens (including phenoxy) is 1. The van der Waals surface area contributed by atoms with Gasteiger partial charge < -0.3 is 15.8 Å². The van der Waals surface area contributed by atoms with Crippen LogP contribution in [0.2, 0.25) is 0 Å². The molecule has 0 heterocycles. The highest BCUT2D eigenvalue weighted by atomic mass is 16.5. The molecule has 1 fully saturated rings. The van der Waals surface area contributed by atoms with Gasteiger partial charge in [-0.1, -0.05) is 25.1 Å². The average Bonchev–Trinajstić information content (AvgIpc) is 3.22. The highest BCUT2D eigenvalue weighted by molar-refractivity contribution is 5.76. The third kappa shape index (κ3) is 4.24. The maximum atomic E-state index is 11.5. The molecular formula is C15H22N2O2. The van der Waals surface area contributed by atoms with Crippen molar-refractivity contribution in [3.05, 3.63) is 29.8 Å². The first-order valence-corrected chi connectivity index (χ1v) is 6.97. The SMILES string of the molecule is CCC(N)c1ccccc1OCCC(=O)NC1CC1. The van der Waals surface area contributed by atoms with Crippen molar-refractivity contribution in [2.45, 2.75) is 44.7 Å². The van der Waals surface area contributed by atoms with Gasteiger partial charge >= 0.3 is 0 Å². The minimum absolute atomic E-state index is 0.0171. The van der Waals surface area contributed by atoms with Gasteiger partial charge in [-0.15, -0.1) is 0 Å². The molecule has 3 N–H and O–H groups in total.